The fraction of sp³-hybridized carbons (Fsp3) is 0.667. The second-order valence-corrected chi connectivity index (χ2v) is 7.08. The molecule has 1 aliphatic heterocycles. The van der Waals surface area contributed by atoms with Gasteiger partial charge in [0.25, 0.3) is 0 Å². The van der Waals surface area contributed by atoms with Gasteiger partial charge in [-0.2, -0.15) is 0 Å². The summed E-state index contributed by atoms with van der Waals surface area (Å²) in [6.45, 7) is 9.38. The highest BCUT2D eigenvalue weighted by Crippen LogP contribution is 2.39. The zero-order valence-corrected chi connectivity index (χ0v) is 14.9. The third kappa shape index (κ3) is 5.37. The van der Waals surface area contributed by atoms with E-state index >= 15 is 0 Å². The molecule has 23 heavy (non-hydrogen) atoms. The Bertz CT molecular complexity index is 463. The fourth-order valence-corrected chi connectivity index (χ4v) is 3.89. The lowest BCUT2D eigenvalue weighted by Gasteiger charge is -2.35. The Morgan fingerprint density at radius 3 is 2.70 bits per heavy atom. The van der Waals surface area contributed by atoms with Crippen LogP contribution < -0.4 is 5.32 Å². The van der Waals surface area contributed by atoms with Crippen molar-refractivity contribution in [1.29, 1.82) is 0 Å². The van der Waals surface area contributed by atoms with Gasteiger partial charge in [0.1, 0.15) is 5.82 Å². The summed E-state index contributed by atoms with van der Waals surface area (Å²) >= 11 is 0. The molecule has 0 saturated heterocycles. The fourth-order valence-electron chi connectivity index (χ4n) is 3.89. The molecule has 0 amide bonds. The topological polar surface area (TPSA) is 24.9 Å². The zero-order valence-electron chi connectivity index (χ0n) is 14.9. The van der Waals surface area contributed by atoms with Crippen molar-refractivity contribution in [3.63, 3.8) is 0 Å². The van der Waals surface area contributed by atoms with Crippen molar-refractivity contribution >= 4 is 5.82 Å². The number of hydrogen-bond donors (Lipinski definition) is 1. The van der Waals surface area contributed by atoms with Gasteiger partial charge in [-0.3, -0.25) is 0 Å². The molecule has 0 aromatic carbocycles. The molecule has 1 fully saturated rings. The van der Waals surface area contributed by atoms with Crippen LogP contribution >= 0.6 is 0 Å². The minimum Gasteiger partial charge on any atom is -0.370 e. The van der Waals surface area contributed by atoms with Gasteiger partial charge in [0.15, 0.2) is 0 Å². The molecule has 128 valence electrons. The standard InChI is InChI=1S/C19H30N2.C2H4/c1-2-3-4-6-15-13-16(14-15)8-10-18-11-9-17-7-5-12-20-19(17)21-18;1-2/h9,11,15-16H,2-8,10,12-14H2,1H3,(H,20,21);1-2H2. The third-order valence-corrected chi connectivity index (χ3v) is 5.31. The molecule has 2 aliphatic rings. The van der Waals surface area contributed by atoms with Gasteiger partial charge in [0, 0.05) is 12.2 Å². The van der Waals surface area contributed by atoms with Crippen molar-refractivity contribution in [3.8, 4) is 0 Å². The molecule has 1 aromatic heterocycles. The van der Waals surface area contributed by atoms with Crippen LogP contribution in [0.4, 0.5) is 5.82 Å². The van der Waals surface area contributed by atoms with Crippen molar-refractivity contribution in [1.82, 2.24) is 4.98 Å². The predicted molar refractivity (Wildman–Crippen MR) is 101 cm³/mol. The second kappa shape index (κ2) is 9.75. The average Bonchev–Trinajstić information content (AvgIpc) is 2.58. The minimum atomic E-state index is 0.974. The summed E-state index contributed by atoms with van der Waals surface area (Å²) in [5.41, 5.74) is 2.70. The number of aryl methyl sites for hydroxylation is 2. The molecule has 0 spiro atoms. The molecular weight excluding hydrogens is 280 g/mol. The van der Waals surface area contributed by atoms with Crippen LogP contribution in [0.25, 0.3) is 0 Å². The second-order valence-electron chi connectivity index (χ2n) is 7.08. The SMILES string of the molecule is C=C.CCCCCC1CC(CCc2ccc3c(n2)NCCC3)C1. The summed E-state index contributed by atoms with van der Waals surface area (Å²) in [5, 5.41) is 3.44. The van der Waals surface area contributed by atoms with Crippen LogP contribution in [-0.4, -0.2) is 11.5 Å². The van der Waals surface area contributed by atoms with E-state index < -0.39 is 0 Å². The van der Waals surface area contributed by atoms with Crippen molar-refractivity contribution in [2.24, 2.45) is 11.8 Å². The van der Waals surface area contributed by atoms with Crippen molar-refractivity contribution in [2.45, 2.75) is 71.1 Å². The average molecular weight is 315 g/mol. The smallest absolute Gasteiger partial charge is 0.129 e. The minimum absolute atomic E-state index is 0.974. The van der Waals surface area contributed by atoms with Crippen molar-refractivity contribution in [2.75, 3.05) is 11.9 Å². The highest BCUT2D eigenvalue weighted by atomic mass is 15.0. The Kier molecular flexibility index (Phi) is 7.64. The Labute approximate surface area is 142 Å². The van der Waals surface area contributed by atoms with E-state index in [1.165, 1.54) is 75.5 Å². The van der Waals surface area contributed by atoms with Gasteiger partial charge in [-0.1, -0.05) is 38.7 Å². The summed E-state index contributed by atoms with van der Waals surface area (Å²) in [4.78, 5) is 4.81. The zero-order chi connectivity index (χ0) is 16.5. The first-order chi connectivity index (χ1) is 11.3. The third-order valence-electron chi connectivity index (χ3n) is 5.31. The van der Waals surface area contributed by atoms with Gasteiger partial charge in [-0.05, 0) is 62.0 Å². The number of anilines is 1. The normalized spacial score (nSPS) is 22.1. The summed E-state index contributed by atoms with van der Waals surface area (Å²) < 4.78 is 0. The van der Waals surface area contributed by atoms with E-state index in [0.717, 1.165) is 24.2 Å². The Balaban J connectivity index is 0.000000924. The molecule has 2 heteroatoms. The quantitative estimate of drug-likeness (QED) is 0.509. The van der Waals surface area contributed by atoms with E-state index in [4.69, 9.17) is 4.98 Å². The van der Waals surface area contributed by atoms with Crippen LogP contribution in [0.5, 0.6) is 0 Å². The van der Waals surface area contributed by atoms with E-state index in [2.05, 4.69) is 37.5 Å². The molecule has 0 radical (unpaired) electrons. The van der Waals surface area contributed by atoms with E-state index in [0.29, 0.717) is 0 Å². The van der Waals surface area contributed by atoms with E-state index in [9.17, 15) is 0 Å². The van der Waals surface area contributed by atoms with Gasteiger partial charge in [0.2, 0.25) is 0 Å². The van der Waals surface area contributed by atoms with Crippen LogP contribution in [0.2, 0.25) is 0 Å². The Hall–Kier alpha value is -1.31. The van der Waals surface area contributed by atoms with Gasteiger partial charge in [-0.15, -0.1) is 13.2 Å². The maximum Gasteiger partial charge on any atom is 0.129 e. The maximum absolute atomic E-state index is 4.81. The number of rotatable bonds is 7. The van der Waals surface area contributed by atoms with Crippen LogP contribution in [0.15, 0.2) is 25.3 Å². The lowest BCUT2D eigenvalue weighted by Crippen LogP contribution is -2.24. The van der Waals surface area contributed by atoms with Crippen molar-refractivity contribution in [3.05, 3.63) is 36.5 Å². The van der Waals surface area contributed by atoms with Crippen LogP contribution in [0.1, 0.15) is 69.5 Å². The summed E-state index contributed by atoms with van der Waals surface area (Å²) in [6.07, 6.45) is 13.6. The van der Waals surface area contributed by atoms with Gasteiger partial charge in [0.05, 0.1) is 0 Å². The molecule has 0 atom stereocenters. The molecule has 1 aliphatic carbocycles. The summed E-state index contributed by atoms with van der Waals surface area (Å²) in [7, 11) is 0. The molecule has 1 N–H and O–H groups in total. The van der Waals surface area contributed by atoms with Gasteiger partial charge >= 0.3 is 0 Å². The first-order valence-corrected chi connectivity index (χ1v) is 9.58. The maximum atomic E-state index is 4.81. The van der Waals surface area contributed by atoms with Crippen molar-refractivity contribution < 1.29 is 0 Å². The number of hydrogen-bond acceptors (Lipinski definition) is 2. The Morgan fingerprint density at radius 2 is 1.91 bits per heavy atom. The van der Waals surface area contributed by atoms with Crippen LogP contribution in [-0.2, 0) is 12.8 Å². The summed E-state index contributed by atoms with van der Waals surface area (Å²) in [6, 6.07) is 4.54. The van der Waals surface area contributed by atoms with Crippen LogP contribution in [0.3, 0.4) is 0 Å². The highest BCUT2D eigenvalue weighted by Gasteiger charge is 2.28. The summed E-state index contributed by atoms with van der Waals surface area (Å²) in [5.74, 6) is 3.17. The monoisotopic (exact) mass is 314 g/mol. The number of aromatic nitrogens is 1. The highest BCUT2D eigenvalue weighted by molar-refractivity contribution is 5.46. The molecule has 0 bridgehead atoms. The number of pyridine rings is 1. The molecular formula is C21H34N2. The van der Waals surface area contributed by atoms with E-state index in [-0.39, 0.29) is 0 Å². The lowest BCUT2D eigenvalue weighted by atomic mass is 9.70. The first kappa shape index (κ1) is 18.0. The van der Waals surface area contributed by atoms with Crippen LogP contribution in [0, 0.1) is 11.8 Å². The largest absolute Gasteiger partial charge is 0.370 e. The molecule has 1 saturated carbocycles. The predicted octanol–water partition coefficient (Wildman–Crippen LogP) is 5.78. The number of nitrogens with zero attached hydrogens (tertiary/aromatic N) is 1. The number of unbranched alkanes of at least 4 members (excludes halogenated alkanes) is 2. The Morgan fingerprint density at radius 1 is 1.13 bits per heavy atom. The molecule has 2 nitrogen and oxygen atoms in total. The number of fused-ring (bicyclic) bond motifs is 1. The van der Waals surface area contributed by atoms with E-state index in [1.807, 2.05) is 0 Å². The van der Waals surface area contributed by atoms with E-state index in [1.54, 1.807) is 0 Å². The lowest BCUT2D eigenvalue weighted by molar-refractivity contribution is 0.167. The molecule has 2 heterocycles. The molecule has 0 unspecified atom stereocenters. The number of nitrogens with one attached hydrogen (secondary N) is 1. The molecule has 1 aromatic rings. The van der Waals surface area contributed by atoms with Gasteiger partial charge in [-0.25, -0.2) is 4.98 Å². The molecule has 3 rings (SSSR count). The van der Waals surface area contributed by atoms with Gasteiger partial charge < -0.3 is 5.32 Å². The first-order valence-electron chi connectivity index (χ1n) is 9.58.